The van der Waals surface area contributed by atoms with E-state index in [2.05, 4.69) is 4.98 Å². The number of rotatable bonds is 5. The number of hydrogen-bond donors (Lipinski definition) is 2. The van der Waals surface area contributed by atoms with Gasteiger partial charge in [0.25, 0.3) is 5.91 Å². The topological polar surface area (TPSA) is 56.3 Å². The number of benzene rings is 2. The Hall–Kier alpha value is -2.66. The van der Waals surface area contributed by atoms with E-state index in [0.29, 0.717) is 11.1 Å². The summed E-state index contributed by atoms with van der Waals surface area (Å²) < 4.78 is 13.1. The van der Waals surface area contributed by atoms with E-state index < -0.39 is 6.10 Å². The molecule has 2 aromatic carbocycles. The minimum atomic E-state index is -0.840. The first-order chi connectivity index (χ1) is 12.1. The number of carbonyl (C=O) groups is 1. The van der Waals surface area contributed by atoms with Crippen LogP contribution in [0.25, 0.3) is 10.9 Å². The van der Waals surface area contributed by atoms with Gasteiger partial charge in [-0.2, -0.15) is 0 Å². The van der Waals surface area contributed by atoms with E-state index >= 15 is 0 Å². The number of para-hydroxylation sites is 1. The molecule has 2 N–H and O–H groups in total. The Kier molecular flexibility index (Phi) is 4.01. The molecule has 128 valence electrons. The van der Waals surface area contributed by atoms with Crippen molar-refractivity contribution in [2.45, 2.75) is 25.0 Å². The number of aliphatic hydroxyl groups is 1. The number of aliphatic hydroxyl groups excluding tert-OH is 1. The third-order valence-corrected chi connectivity index (χ3v) is 4.69. The molecular formula is C20H19FN2O2. The Morgan fingerprint density at radius 1 is 1.20 bits per heavy atom. The summed E-state index contributed by atoms with van der Waals surface area (Å²) in [5.41, 5.74) is 2.04. The van der Waals surface area contributed by atoms with Gasteiger partial charge >= 0.3 is 0 Å². The predicted octanol–water partition coefficient (Wildman–Crippen LogP) is 3.65. The van der Waals surface area contributed by atoms with E-state index in [0.717, 1.165) is 23.7 Å². The lowest BCUT2D eigenvalue weighted by Crippen LogP contribution is -2.36. The fraction of sp³-hybridized carbons (Fsp3) is 0.250. The average Bonchev–Trinajstić information content (AvgIpc) is 3.35. The van der Waals surface area contributed by atoms with Gasteiger partial charge in [-0.25, -0.2) is 4.39 Å². The molecule has 0 spiro atoms. The molecule has 0 aliphatic heterocycles. The van der Waals surface area contributed by atoms with Gasteiger partial charge in [0.15, 0.2) is 0 Å². The van der Waals surface area contributed by atoms with Gasteiger partial charge in [-0.05, 0) is 42.7 Å². The van der Waals surface area contributed by atoms with Crippen molar-refractivity contribution in [1.29, 1.82) is 0 Å². The van der Waals surface area contributed by atoms with E-state index in [1.165, 1.54) is 12.1 Å². The summed E-state index contributed by atoms with van der Waals surface area (Å²) in [4.78, 5) is 18.0. The largest absolute Gasteiger partial charge is 0.387 e. The van der Waals surface area contributed by atoms with Crippen LogP contribution in [0.3, 0.4) is 0 Å². The van der Waals surface area contributed by atoms with Gasteiger partial charge in [0, 0.05) is 17.6 Å². The summed E-state index contributed by atoms with van der Waals surface area (Å²) in [7, 11) is 0. The van der Waals surface area contributed by atoms with Gasteiger partial charge in [0.2, 0.25) is 0 Å². The van der Waals surface area contributed by atoms with Crippen molar-refractivity contribution in [3.8, 4) is 0 Å². The van der Waals surface area contributed by atoms with Crippen LogP contribution >= 0.6 is 0 Å². The number of carbonyl (C=O) groups excluding carboxylic acids is 1. The molecule has 0 bridgehead atoms. The Bertz CT molecular complexity index is 899. The van der Waals surface area contributed by atoms with Gasteiger partial charge in [0.1, 0.15) is 5.82 Å². The quantitative estimate of drug-likeness (QED) is 0.746. The maximum absolute atomic E-state index is 13.1. The van der Waals surface area contributed by atoms with Crippen molar-refractivity contribution in [1.82, 2.24) is 9.88 Å². The van der Waals surface area contributed by atoms with Crippen molar-refractivity contribution in [2.24, 2.45) is 0 Å². The molecule has 3 aromatic rings. The highest BCUT2D eigenvalue weighted by atomic mass is 19.1. The molecule has 0 radical (unpaired) electrons. The maximum Gasteiger partial charge on any atom is 0.256 e. The van der Waals surface area contributed by atoms with Crippen molar-refractivity contribution < 1.29 is 14.3 Å². The second-order valence-corrected chi connectivity index (χ2v) is 6.50. The van der Waals surface area contributed by atoms with E-state index in [-0.39, 0.29) is 24.3 Å². The van der Waals surface area contributed by atoms with E-state index in [4.69, 9.17) is 0 Å². The summed E-state index contributed by atoms with van der Waals surface area (Å²) in [5, 5.41) is 11.5. The van der Waals surface area contributed by atoms with Crippen LogP contribution in [-0.2, 0) is 0 Å². The second-order valence-electron chi connectivity index (χ2n) is 6.50. The third kappa shape index (κ3) is 3.15. The molecule has 5 heteroatoms. The number of halogens is 1. The minimum Gasteiger partial charge on any atom is -0.387 e. The average molecular weight is 338 g/mol. The molecule has 25 heavy (non-hydrogen) atoms. The first-order valence-electron chi connectivity index (χ1n) is 8.44. The number of nitrogens with one attached hydrogen (secondary N) is 1. The summed E-state index contributed by atoms with van der Waals surface area (Å²) in [6.07, 6.45) is 2.87. The highest BCUT2D eigenvalue weighted by Gasteiger charge is 2.35. The van der Waals surface area contributed by atoms with Crippen molar-refractivity contribution in [2.75, 3.05) is 6.54 Å². The number of nitrogens with zero attached hydrogens (tertiary/aromatic N) is 1. The normalized spacial score (nSPS) is 15.3. The summed E-state index contributed by atoms with van der Waals surface area (Å²) in [6.45, 7) is 0.201. The Morgan fingerprint density at radius 2 is 1.96 bits per heavy atom. The van der Waals surface area contributed by atoms with E-state index in [1.807, 2.05) is 24.4 Å². The molecule has 1 unspecified atom stereocenters. The minimum absolute atomic E-state index is 0.0864. The van der Waals surface area contributed by atoms with Crippen LogP contribution in [-0.4, -0.2) is 33.5 Å². The van der Waals surface area contributed by atoms with Gasteiger partial charge in [-0.1, -0.05) is 24.3 Å². The zero-order valence-corrected chi connectivity index (χ0v) is 13.7. The van der Waals surface area contributed by atoms with Gasteiger partial charge in [-0.15, -0.1) is 0 Å². The van der Waals surface area contributed by atoms with Crippen LogP contribution in [0, 0.1) is 5.82 Å². The molecule has 1 atom stereocenters. The zero-order valence-electron chi connectivity index (χ0n) is 13.7. The highest BCUT2D eigenvalue weighted by molar-refractivity contribution is 6.05. The van der Waals surface area contributed by atoms with Crippen LogP contribution in [0.1, 0.15) is 34.9 Å². The Morgan fingerprint density at radius 3 is 2.68 bits per heavy atom. The number of fused-ring (bicyclic) bond motifs is 1. The van der Waals surface area contributed by atoms with Crippen LogP contribution in [0.2, 0.25) is 0 Å². The summed E-state index contributed by atoms with van der Waals surface area (Å²) in [5.74, 6) is -0.429. The van der Waals surface area contributed by atoms with Crippen LogP contribution in [0.5, 0.6) is 0 Å². The second kappa shape index (κ2) is 6.33. The van der Waals surface area contributed by atoms with Crippen molar-refractivity contribution in [3.05, 3.63) is 71.7 Å². The molecule has 1 fully saturated rings. The lowest BCUT2D eigenvalue weighted by molar-refractivity contribution is 0.0605. The third-order valence-electron chi connectivity index (χ3n) is 4.69. The maximum atomic E-state index is 13.1. The molecule has 4 rings (SSSR count). The molecule has 1 aliphatic rings. The summed E-state index contributed by atoms with van der Waals surface area (Å²) >= 11 is 0. The SMILES string of the molecule is O=C(c1cccc2cc[nH]c12)N(CC(O)c1ccc(F)cc1)C1CC1. The van der Waals surface area contributed by atoms with Crippen molar-refractivity contribution >= 4 is 16.8 Å². The number of aromatic amines is 1. The standard InChI is InChI=1S/C20H19FN2O2/c21-15-6-4-13(5-7-15)18(24)12-23(16-8-9-16)20(25)17-3-1-2-14-10-11-22-19(14)17/h1-7,10-11,16,18,22,24H,8-9,12H2. The van der Waals surface area contributed by atoms with Crippen LogP contribution < -0.4 is 0 Å². The smallest absolute Gasteiger partial charge is 0.256 e. The van der Waals surface area contributed by atoms with E-state index in [1.54, 1.807) is 23.1 Å². The predicted molar refractivity (Wildman–Crippen MR) is 93.7 cm³/mol. The van der Waals surface area contributed by atoms with E-state index in [9.17, 15) is 14.3 Å². The first-order valence-corrected chi connectivity index (χ1v) is 8.44. The zero-order chi connectivity index (χ0) is 17.4. The number of hydrogen-bond acceptors (Lipinski definition) is 2. The molecule has 1 aliphatic carbocycles. The van der Waals surface area contributed by atoms with Crippen molar-refractivity contribution in [3.63, 3.8) is 0 Å². The number of amides is 1. The molecule has 4 nitrogen and oxygen atoms in total. The monoisotopic (exact) mass is 338 g/mol. The molecule has 1 amide bonds. The first kappa shape index (κ1) is 15.8. The van der Waals surface area contributed by atoms with Gasteiger partial charge in [-0.3, -0.25) is 4.79 Å². The number of aromatic nitrogens is 1. The molecule has 1 heterocycles. The Balaban J connectivity index is 1.60. The lowest BCUT2D eigenvalue weighted by Gasteiger charge is -2.26. The fourth-order valence-electron chi connectivity index (χ4n) is 3.18. The summed E-state index contributed by atoms with van der Waals surface area (Å²) in [6, 6.07) is 13.5. The van der Waals surface area contributed by atoms with Crippen LogP contribution in [0.15, 0.2) is 54.7 Å². The molecular weight excluding hydrogens is 319 g/mol. The fourth-order valence-corrected chi connectivity index (χ4v) is 3.18. The lowest BCUT2D eigenvalue weighted by atomic mass is 10.1. The number of H-pyrrole nitrogens is 1. The molecule has 0 saturated heterocycles. The Labute approximate surface area is 144 Å². The highest BCUT2D eigenvalue weighted by Crippen LogP contribution is 2.31. The van der Waals surface area contributed by atoms with Gasteiger partial charge < -0.3 is 15.0 Å². The van der Waals surface area contributed by atoms with Crippen LogP contribution in [0.4, 0.5) is 4.39 Å². The molecule has 1 aromatic heterocycles. The molecule has 1 saturated carbocycles. The van der Waals surface area contributed by atoms with Gasteiger partial charge in [0.05, 0.1) is 23.7 Å².